The zero-order valence-electron chi connectivity index (χ0n) is 18.6. The summed E-state index contributed by atoms with van der Waals surface area (Å²) >= 11 is 0. The number of benzene rings is 1. The number of aryl methyl sites for hydroxylation is 1. The van der Waals surface area contributed by atoms with Crippen molar-refractivity contribution in [2.75, 3.05) is 44.2 Å². The minimum atomic E-state index is -0.736. The number of fused-ring (bicyclic) bond motifs is 1. The Hall–Kier alpha value is -3.67. The number of non-ortho nitro benzene ring substituents is 2. The van der Waals surface area contributed by atoms with Gasteiger partial charge in [0.15, 0.2) is 0 Å². The number of nitrogens with zero attached hydrogens (tertiary/aromatic N) is 7. The van der Waals surface area contributed by atoms with Crippen LogP contribution in [0.4, 0.5) is 17.2 Å². The van der Waals surface area contributed by atoms with E-state index in [-0.39, 0.29) is 12.1 Å². The van der Waals surface area contributed by atoms with Crippen LogP contribution in [0.5, 0.6) is 0 Å². The molecule has 0 bridgehead atoms. The van der Waals surface area contributed by atoms with E-state index >= 15 is 0 Å². The first-order valence-electron chi connectivity index (χ1n) is 10.8. The maximum Gasteiger partial charge on any atom is 0.277 e. The number of aromatic nitrogens is 2. The number of carbonyl (C=O) groups is 1. The maximum absolute atomic E-state index is 13.2. The first-order chi connectivity index (χ1) is 15.8. The van der Waals surface area contributed by atoms with Crippen LogP contribution in [-0.4, -0.2) is 74.8 Å². The van der Waals surface area contributed by atoms with E-state index in [2.05, 4.69) is 26.7 Å². The van der Waals surface area contributed by atoms with Crippen LogP contribution < -0.4 is 4.90 Å². The smallest absolute Gasteiger partial charge is 0.277 e. The van der Waals surface area contributed by atoms with Gasteiger partial charge in [0, 0.05) is 56.8 Å². The second-order valence-corrected chi connectivity index (χ2v) is 8.17. The van der Waals surface area contributed by atoms with Gasteiger partial charge in [0.25, 0.3) is 17.3 Å². The Kier molecular flexibility index (Phi) is 6.18. The SMILES string of the molecule is CCN1CCN(c2nc(C)nc3c2CN(C(=O)c2cc([N+](=O)[O-])cc([N+](=O)[O-])c2)CC3)CC1. The molecule has 174 valence electrons. The van der Waals surface area contributed by atoms with Gasteiger partial charge < -0.3 is 14.7 Å². The largest absolute Gasteiger partial charge is 0.354 e. The highest BCUT2D eigenvalue weighted by atomic mass is 16.6. The molecule has 0 N–H and O–H groups in total. The topological polar surface area (TPSA) is 139 Å². The molecule has 0 aliphatic carbocycles. The van der Waals surface area contributed by atoms with Gasteiger partial charge in [-0.05, 0) is 13.5 Å². The lowest BCUT2D eigenvalue weighted by Gasteiger charge is -2.37. The number of likely N-dealkylation sites (N-methyl/N-ethyl adjacent to an activating group) is 1. The number of nitro groups is 2. The van der Waals surface area contributed by atoms with Gasteiger partial charge in [-0.25, -0.2) is 9.97 Å². The van der Waals surface area contributed by atoms with Crippen molar-refractivity contribution in [1.82, 2.24) is 19.8 Å². The molecule has 0 radical (unpaired) electrons. The van der Waals surface area contributed by atoms with E-state index in [1.54, 1.807) is 4.90 Å². The minimum absolute atomic E-state index is 0.0782. The fourth-order valence-electron chi connectivity index (χ4n) is 4.34. The molecule has 4 rings (SSSR count). The van der Waals surface area contributed by atoms with Crippen LogP contribution in [0.1, 0.15) is 34.4 Å². The summed E-state index contributed by atoms with van der Waals surface area (Å²) in [6.45, 7) is 9.08. The van der Waals surface area contributed by atoms with Crippen LogP contribution >= 0.6 is 0 Å². The number of hydrogen-bond acceptors (Lipinski definition) is 9. The molecule has 12 nitrogen and oxygen atoms in total. The van der Waals surface area contributed by atoms with Gasteiger partial charge in [-0.2, -0.15) is 0 Å². The van der Waals surface area contributed by atoms with Crippen molar-refractivity contribution in [3.05, 3.63) is 61.1 Å². The van der Waals surface area contributed by atoms with Crippen LogP contribution in [0.25, 0.3) is 0 Å². The molecule has 2 aliphatic heterocycles. The van der Waals surface area contributed by atoms with Gasteiger partial charge in [-0.3, -0.25) is 25.0 Å². The number of amides is 1. The summed E-state index contributed by atoms with van der Waals surface area (Å²) < 4.78 is 0. The monoisotopic (exact) mass is 455 g/mol. The van der Waals surface area contributed by atoms with Crippen molar-refractivity contribution >= 4 is 23.1 Å². The van der Waals surface area contributed by atoms with Crippen LogP contribution in [0.15, 0.2) is 18.2 Å². The van der Waals surface area contributed by atoms with E-state index in [1.807, 2.05) is 6.92 Å². The van der Waals surface area contributed by atoms with Gasteiger partial charge in [0.1, 0.15) is 11.6 Å². The third-order valence-electron chi connectivity index (χ3n) is 6.13. The molecule has 1 fully saturated rings. The highest BCUT2D eigenvalue weighted by Crippen LogP contribution is 2.30. The molecule has 12 heteroatoms. The zero-order valence-corrected chi connectivity index (χ0v) is 18.6. The first kappa shape index (κ1) is 22.5. The Balaban J connectivity index is 1.63. The molecule has 1 saturated heterocycles. The number of piperazine rings is 1. The summed E-state index contributed by atoms with van der Waals surface area (Å²) in [5, 5.41) is 22.4. The van der Waals surface area contributed by atoms with E-state index in [0.29, 0.717) is 18.8 Å². The molecule has 1 aromatic heterocycles. The molecule has 2 aromatic rings. The molecule has 0 spiro atoms. The third kappa shape index (κ3) is 4.60. The van der Waals surface area contributed by atoms with Crippen molar-refractivity contribution in [2.24, 2.45) is 0 Å². The van der Waals surface area contributed by atoms with Crippen LogP contribution in [-0.2, 0) is 13.0 Å². The number of carbonyl (C=O) groups excluding carboxylic acids is 1. The molecule has 3 heterocycles. The zero-order chi connectivity index (χ0) is 23.7. The predicted octanol–water partition coefficient (Wildman–Crippen LogP) is 1.94. The van der Waals surface area contributed by atoms with Gasteiger partial charge in [-0.15, -0.1) is 0 Å². The highest BCUT2D eigenvalue weighted by Gasteiger charge is 2.30. The van der Waals surface area contributed by atoms with Gasteiger partial charge in [0.2, 0.25) is 0 Å². The lowest BCUT2D eigenvalue weighted by atomic mass is 10.0. The average molecular weight is 455 g/mol. The summed E-state index contributed by atoms with van der Waals surface area (Å²) in [5.74, 6) is 1.00. The van der Waals surface area contributed by atoms with Crippen molar-refractivity contribution in [1.29, 1.82) is 0 Å². The average Bonchev–Trinajstić information content (AvgIpc) is 2.82. The summed E-state index contributed by atoms with van der Waals surface area (Å²) in [6.07, 6.45) is 0.517. The normalized spacial score (nSPS) is 16.4. The Labute approximate surface area is 190 Å². The quantitative estimate of drug-likeness (QED) is 0.489. The Morgan fingerprint density at radius 3 is 2.21 bits per heavy atom. The molecule has 0 unspecified atom stereocenters. The lowest BCUT2D eigenvalue weighted by molar-refractivity contribution is -0.394. The molecular weight excluding hydrogens is 430 g/mol. The minimum Gasteiger partial charge on any atom is -0.354 e. The van der Waals surface area contributed by atoms with E-state index in [0.717, 1.165) is 68.0 Å². The standard InChI is InChI=1S/C21H25N7O5/c1-3-24-6-8-25(9-7-24)20-18-13-26(5-4-19(18)22-14(2)23-20)21(29)15-10-16(27(30)31)12-17(11-15)28(32)33/h10-12H,3-9,13H2,1-2H3. The number of nitro benzene ring substituents is 2. The number of rotatable bonds is 5. The second kappa shape index (κ2) is 9.06. The Morgan fingerprint density at radius 2 is 1.64 bits per heavy atom. The summed E-state index contributed by atoms with van der Waals surface area (Å²) in [5.41, 5.74) is 0.705. The van der Waals surface area contributed by atoms with Crippen molar-refractivity contribution in [3.8, 4) is 0 Å². The molecular formula is C21H25N7O5. The van der Waals surface area contributed by atoms with Crippen LogP contribution in [0, 0.1) is 27.2 Å². The Bertz CT molecular complexity index is 1080. The van der Waals surface area contributed by atoms with Crippen LogP contribution in [0.3, 0.4) is 0 Å². The van der Waals surface area contributed by atoms with Crippen molar-refractivity contribution in [2.45, 2.75) is 26.8 Å². The summed E-state index contributed by atoms with van der Waals surface area (Å²) in [4.78, 5) is 49.6. The molecule has 0 saturated carbocycles. The highest BCUT2D eigenvalue weighted by molar-refractivity contribution is 5.95. The maximum atomic E-state index is 13.2. The van der Waals surface area contributed by atoms with Crippen molar-refractivity contribution < 1.29 is 14.6 Å². The molecule has 1 aromatic carbocycles. The van der Waals surface area contributed by atoms with Crippen LogP contribution in [0.2, 0.25) is 0 Å². The van der Waals surface area contributed by atoms with E-state index in [4.69, 9.17) is 0 Å². The fraction of sp³-hybridized carbons (Fsp3) is 0.476. The summed E-state index contributed by atoms with van der Waals surface area (Å²) in [6, 6.07) is 3.02. The second-order valence-electron chi connectivity index (χ2n) is 8.17. The molecule has 33 heavy (non-hydrogen) atoms. The lowest BCUT2D eigenvalue weighted by Crippen LogP contribution is -2.47. The fourth-order valence-corrected chi connectivity index (χ4v) is 4.34. The third-order valence-corrected chi connectivity index (χ3v) is 6.13. The van der Waals surface area contributed by atoms with Gasteiger partial charge >= 0.3 is 0 Å². The van der Waals surface area contributed by atoms with Gasteiger partial charge in [0.05, 0.1) is 33.7 Å². The number of hydrogen-bond donors (Lipinski definition) is 0. The van der Waals surface area contributed by atoms with E-state index < -0.39 is 27.1 Å². The number of anilines is 1. The summed E-state index contributed by atoms with van der Waals surface area (Å²) in [7, 11) is 0. The van der Waals surface area contributed by atoms with Crippen molar-refractivity contribution in [3.63, 3.8) is 0 Å². The van der Waals surface area contributed by atoms with E-state index in [1.165, 1.54) is 0 Å². The molecule has 1 amide bonds. The Morgan fingerprint density at radius 1 is 1.00 bits per heavy atom. The van der Waals surface area contributed by atoms with Gasteiger partial charge in [-0.1, -0.05) is 6.92 Å². The van der Waals surface area contributed by atoms with E-state index in [9.17, 15) is 25.0 Å². The molecule has 2 aliphatic rings. The molecule has 0 atom stereocenters. The predicted molar refractivity (Wildman–Crippen MR) is 119 cm³/mol. The first-order valence-corrected chi connectivity index (χ1v) is 10.8.